The quantitative estimate of drug-likeness (QED) is 0.482. The van der Waals surface area contributed by atoms with Gasteiger partial charge in [-0.05, 0) is 30.9 Å². The van der Waals surface area contributed by atoms with E-state index < -0.39 is 0 Å². The van der Waals surface area contributed by atoms with E-state index in [-0.39, 0.29) is 5.91 Å². The topological polar surface area (TPSA) is 67.5 Å². The van der Waals surface area contributed by atoms with E-state index in [1.807, 2.05) is 37.4 Å². The first kappa shape index (κ1) is 17.0. The van der Waals surface area contributed by atoms with Crippen molar-refractivity contribution in [3.05, 3.63) is 48.2 Å². The van der Waals surface area contributed by atoms with Crippen molar-refractivity contribution < 1.29 is 4.79 Å². The summed E-state index contributed by atoms with van der Waals surface area (Å²) in [7, 11) is 1.56. The standard InChI is InChI=1S/C16H21N3OS/c1-5-12(17)10-14(11(2)16(20)18-3)19-13-8-6-7-9-15(13)21-4/h6-10H,2,5,17H2,1,3-4H3,(H,18,20). The second-order valence-corrected chi connectivity index (χ2v) is 5.15. The van der Waals surface area contributed by atoms with Gasteiger partial charge in [-0.2, -0.15) is 0 Å². The molecule has 0 spiro atoms. The zero-order chi connectivity index (χ0) is 15.8. The van der Waals surface area contributed by atoms with Gasteiger partial charge in [-0.3, -0.25) is 4.79 Å². The Morgan fingerprint density at radius 1 is 1.48 bits per heavy atom. The fraction of sp³-hybridized carbons (Fsp3) is 0.250. The van der Waals surface area contributed by atoms with Crippen LogP contribution in [0.25, 0.3) is 0 Å². The van der Waals surface area contributed by atoms with Crippen molar-refractivity contribution in [1.29, 1.82) is 0 Å². The van der Waals surface area contributed by atoms with Crippen LogP contribution in [0.2, 0.25) is 0 Å². The number of carbonyl (C=O) groups is 1. The minimum Gasteiger partial charge on any atom is -0.402 e. The zero-order valence-corrected chi connectivity index (χ0v) is 13.5. The molecule has 1 aromatic rings. The van der Waals surface area contributed by atoms with Crippen molar-refractivity contribution in [2.24, 2.45) is 10.7 Å². The number of thioether (sulfide) groups is 1. The smallest absolute Gasteiger partial charge is 0.252 e. The molecule has 0 unspecified atom stereocenters. The van der Waals surface area contributed by atoms with Crippen molar-refractivity contribution >= 4 is 29.1 Å². The number of nitrogens with one attached hydrogen (secondary N) is 1. The Hall–Kier alpha value is -2.01. The maximum absolute atomic E-state index is 11.8. The summed E-state index contributed by atoms with van der Waals surface area (Å²) < 4.78 is 0. The number of carbonyl (C=O) groups excluding carboxylic acids is 1. The van der Waals surface area contributed by atoms with E-state index in [1.54, 1.807) is 24.9 Å². The van der Waals surface area contributed by atoms with Gasteiger partial charge in [0.1, 0.15) is 0 Å². The third-order valence-corrected chi connectivity index (χ3v) is 3.65. The fourth-order valence-electron chi connectivity index (χ4n) is 1.58. The summed E-state index contributed by atoms with van der Waals surface area (Å²) in [5.74, 6) is -0.268. The summed E-state index contributed by atoms with van der Waals surface area (Å²) in [4.78, 5) is 17.4. The Balaban J connectivity index is 3.32. The fourth-order valence-corrected chi connectivity index (χ4v) is 2.12. The molecule has 0 atom stereocenters. The van der Waals surface area contributed by atoms with Gasteiger partial charge in [0.05, 0.1) is 17.0 Å². The minimum absolute atomic E-state index is 0.268. The van der Waals surface area contributed by atoms with Gasteiger partial charge in [-0.25, -0.2) is 4.99 Å². The highest BCUT2D eigenvalue weighted by atomic mass is 32.2. The van der Waals surface area contributed by atoms with Crippen molar-refractivity contribution in [2.45, 2.75) is 18.2 Å². The van der Waals surface area contributed by atoms with Crippen molar-refractivity contribution in [2.75, 3.05) is 13.3 Å². The molecule has 1 rings (SSSR count). The van der Waals surface area contributed by atoms with Gasteiger partial charge in [0, 0.05) is 17.6 Å². The molecule has 3 N–H and O–H groups in total. The Morgan fingerprint density at radius 2 is 2.14 bits per heavy atom. The predicted octanol–water partition coefficient (Wildman–Crippen LogP) is 3.04. The SMILES string of the molecule is C=C(C(=O)NC)C(C=C(N)CC)=Nc1ccccc1SC. The lowest BCUT2D eigenvalue weighted by molar-refractivity contribution is -0.116. The highest BCUT2D eigenvalue weighted by molar-refractivity contribution is 7.98. The van der Waals surface area contributed by atoms with E-state index in [0.29, 0.717) is 23.4 Å². The average Bonchev–Trinajstić information content (AvgIpc) is 2.52. The van der Waals surface area contributed by atoms with Gasteiger partial charge in [-0.15, -0.1) is 11.8 Å². The molecule has 1 aromatic carbocycles. The summed E-state index contributed by atoms with van der Waals surface area (Å²) in [6, 6.07) is 7.75. The number of allylic oxidation sites excluding steroid dienone is 2. The molecule has 0 aliphatic rings. The van der Waals surface area contributed by atoms with Crippen LogP contribution in [-0.4, -0.2) is 24.9 Å². The van der Waals surface area contributed by atoms with Gasteiger partial charge >= 0.3 is 0 Å². The van der Waals surface area contributed by atoms with E-state index >= 15 is 0 Å². The Kier molecular flexibility index (Phi) is 6.75. The van der Waals surface area contributed by atoms with Crippen LogP contribution in [0.3, 0.4) is 0 Å². The second kappa shape index (κ2) is 8.32. The highest BCUT2D eigenvalue weighted by Crippen LogP contribution is 2.28. The molecule has 5 heteroatoms. The first-order valence-electron chi connectivity index (χ1n) is 6.62. The first-order valence-corrected chi connectivity index (χ1v) is 7.85. The van der Waals surface area contributed by atoms with Crippen LogP contribution in [0.5, 0.6) is 0 Å². The maximum atomic E-state index is 11.8. The van der Waals surface area contributed by atoms with Crippen LogP contribution < -0.4 is 11.1 Å². The van der Waals surface area contributed by atoms with Crippen LogP contribution >= 0.6 is 11.8 Å². The Morgan fingerprint density at radius 3 is 2.71 bits per heavy atom. The molecular weight excluding hydrogens is 282 g/mol. The Bertz CT molecular complexity index is 591. The van der Waals surface area contributed by atoms with E-state index in [2.05, 4.69) is 16.9 Å². The Labute approximate surface area is 130 Å². The van der Waals surface area contributed by atoms with E-state index in [4.69, 9.17) is 5.73 Å². The lowest BCUT2D eigenvalue weighted by atomic mass is 10.1. The molecule has 0 saturated heterocycles. The molecule has 4 nitrogen and oxygen atoms in total. The lowest BCUT2D eigenvalue weighted by Crippen LogP contribution is -2.24. The van der Waals surface area contributed by atoms with Gasteiger partial charge in [0.2, 0.25) is 0 Å². The molecule has 1 amide bonds. The number of aliphatic imine (C=N–C) groups is 1. The van der Waals surface area contributed by atoms with Crippen molar-refractivity contribution in [3.8, 4) is 0 Å². The number of hydrogen-bond donors (Lipinski definition) is 2. The molecule has 0 fully saturated rings. The average molecular weight is 303 g/mol. The van der Waals surface area contributed by atoms with Crippen LogP contribution in [-0.2, 0) is 4.79 Å². The molecular formula is C16H21N3OS. The predicted molar refractivity (Wildman–Crippen MR) is 91.1 cm³/mol. The van der Waals surface area contributed by atoms with Crippen LogP contribution in [0, 0.1) is 0 Å². The van der Waals surface area contributed by atoms with Gasteiger partial charge < -0.3 is 11.1 Å². The molecule has 0 saturated carbocycles. The molecule has 0 bridgehead atoms. The summed E-state index contributed by atoms with van der Waals surface area (Å²) in [6.45, 7) is 5.76. The number of rotatable bonds is 6. The van der Waals surface area contributed by atoms with Gasteiger partial charge in [0.15, 0.2) is 0 Å². The summed E-state index contributed by atoms with van der Waals surface area (Å²) >= 11 is 1.60. The van der Waals surface area contributed by atoms with E-state index in [0.717, 1.165) is 10.6 Å². The van der Waals surface area contributed by atoms with Gasteiger partial charge in [-0.1, -0.05) is 25.6 Å². The van der Waals surface area contributed by atoms with Crippen molar-refractivity contribution in [3.63, 3.8) is 0 Å². The summed E-state index contributed by atoms with van der Waals surface area (Å²) in [6.07, 6.45) is 4.37. The number of nitrogens with two attached hydrogens (primary N) is 1. The highest BCUT2D eigenvalue weighted by Gasteiger charge is 2.12. The molecule has 0 heterocycles. The normalized spacial score (nSPS) is 12.1. The lowest BCUT2D eigenvalue weighted by Gasteiger charge is -2.08. The molecule has 0 aromatic heterocycles. The van der Waals surface area contributed by atoms with Crippen molar-refractivity contribution in [1.82, 2.24) is 5.32 Å². The summed E-state index contributed by atoms with van der Waals surface area (Å²) in [5.41, 5.74) is 8.11. The number of hydrogen-bond acceptors (Lipinski definition) is 4. The number of nitrogens with zero attached hydrogens (tertiary/aromatic N) is 1. The molecule has 112 valence electrons. The number of amides is 1. The summed E-state index contributed by atoms with van der Waals surface area (Å²) in [5, 5.41) is 2.56. The maximum Gasteiger partial charge on any atom is 0.252 e. The second-order valence-electron chi connectivity index (χ2n) is 4.30. The molecule has 0 radical (unpaired) electrons. The molecule has 0 aliphatic carbocycles. The largest absolute Gasteiger partial charge is 0.402 e. The number of benzene rings is 1. The third kappa shape index (κ3) is 4.79. The number of likely N-dealkylation sites (N-methyl/N-ethyl adjacent to an activating group) is 1. The first-order chi connectivity index (χ1) is 10.0. The monoisotopic (exact) mass is 303 g/mol. The van der Waals surface area contributed by atoms with E-state index in [1.165, 1.54) is 0 Å². The van der Waals surface area contributed by atoms with Crippen LogP contribution in [0.1, 0.15) is 13.3 Å². The minimum atomic E-state index is -0.268. The number of para-hydroxylation sites is 1. The molecule has 0 aliphatic heterocycles. The third-order valence-electron chi connectivity index (χ3n) is 2.87. The van der Waals surface area contributed by atoms with Gasteiger partial charge in [0.25, 0.3) is 5.91 Å². The molecule has 21 heavy (non-hydrogen) atoms. The van der Waals surface area contributed by atoms with E-state index in [9.17, 15) is 4.79 Å². The zero-order valence-electron chi connectivity index (χ0n) is 12.6. The van der Waals surface area contributed by atoms with Crippen LogP contribution in [0.4, 0.5) is 5.69 Å². The van der Waals surface area contributed by atoms with Crippen LogP contribution in [0.15, 0.2) is 58.1 Å².